The first-order chi connectivity index (χ1) is 12.1. The van der Waals surface area contributed by atoms with Crippen molar-refractivity contribution < 1.29 is 9.47 Å². The lowest BCUT2D eigenvalue weighted by Crippen LogP contribution is -2.41. The van der Waals surface area contributed by atoms with Crippen LogP contribution in [0.15, 0.2) is 29.3 Å². The van der Waals surface area contributed by atoms with Gasteiger partial charge in [-0.3, -0.25) is 4.99 Å². The van der Waals surface area contributed by atoms with Gasteiger partial charge in [-0.15, -0.1) is 24.0 Å². The lowest BCUT2D eigenvalue weighted by molar-refractivity contribution is 0.181. The van der Waals surface area contributed by atoms with E-state index in [0.29, 0.717) is 5.92 Å². The minimum Gasteiger partial charge on any atom is -0.491 e. The zero-order valence-corrected chi connectivity index (χ0v) is 18.9. The molecule has 2 rings (SSSR count). The number of benzene rings is 1. The first kappa shape index (κ1) is 23.0. The van der Waals surface area contributed by atoms with Crippen LogP contribution >= 0.6 is 24.0 Å². The van der Waals surface area contributed by atoms with Crippen LogP contribution < -0.4 is 10.1 Å². The summed E-state index contributed by atoms with van der Waals surface area (Å²) in [6.07, 6.45) is 2.28. The zero-order valence-electron chi connectivity index (χ0n) is 16.5. The van der Waals surface area contributed by atoms with Gasteiger partial charge in [0.25, 0.3) is 0 Å². The number of halogens is 1. The molecule has 0 aromatic heterocycles. The van der Waals surface area contributed by atoms with E-state index in [4.69, 9.17) is 14.5 Å². The number of hydrogen-bond acceptors (Lipinski definition) is 3. The number of guanidine groups is 1. The fourth-order valence-electron chi connectivity index (χ4n) is 2.97. The number of nitrogens with one attached hydrogen (secondary N) is 1. The van der Waals surface area contributed by atoms with Crippen LogP contribution in [0.3, 0.4) is 0 Å². The molecule has 1 heterocycles. The van der Waals surface area contributed by atoms with Gasteiger partial charge < -0.3 is 19.7 Å². The first-order valence-electron chi connectivity index (χ1n) is 9.41. The van der Waals surface area contributed by atoms with E-state index in [0.717, 1.165) is 57.4 Å². The predicted octanol–water partition coefficient (Wildman–Crippen LogP) is 3.57. The second-order valence-electron chi connectivity index (χ2n) is 6.91. The van der Waals surface area contributed by atoms with Crippen molar-refractivity contribution in [2.75, 3.05) is 39.9 Å². The molecular weight excluding hydrogens is 441 g/mol. The summed E-state index contributed by atoms with van der Waals surface area (Å²) in [5.74, 6) is 2.52. The minimum atomic E-state index is 0. The molecule has 1 aliphatic heterocycles. The van der Waals surface area contributed by atoms with Gasteiger partial charge in [-0.25, -0.2) is 0 Å². The SMILES string of the molecule is CCNC(=NCCc1ccc(OC(C)C)cc1)N(C)CC1CCOC1.I. The van der Waals surface area contributed by atoms with Gasteiger partial charge in [0, 0.05) is 39.2 Å². The van der Waals surface area contributed by atoms with Crippen molar-refractivity contribution in [3.63, 3.8) is 0 Å². The number of aliphatic imine (C=N–C) groups is 1. The van der Waals surface area contributed by atoms with Crippen molar-refractivity contribution in [1.29, 1.82) is 0 Å². The second-order valence-corrected chi connectivity index (χ2v) is 6.91. The van der Waals surface area contributed by atoms with E-state index in [1.165, 1.54) is 5.56 Å². The lowest BCUT2D eigenvalue weighted by atomic mass is 10.1. The van der Waals surface area contributed by atoms with Crippen LogP contribution in [0.25, 0.3) is 0 Å². The molecule has 0 bridgehead atoms. The Morgan fingerprint density at radius 1 is 1.35 bits per heavy atom. The third-order valence-electron chi connectivity index (χ3n) is 4.21. The summed E-state index contributed by atoms with van der Waals surface area (Å²) in [4.78, 5) is 7.01. The molecule has 0 aliphatic carbocycles. The topological polar surface area (TPSA) is 46.1 Å². The maximum atomic E-state index is 5.68. The molecule has 1 saturated heterocycles. The summed E-state index contributed by atoms with van der Waals surface area (Å²) in [5.41, 5.74) is 1.28. The molecule has 0 radical (unpaired) electrons. The molecule has 5 nitrogen and oxygen atoms in total. The zero-order chi connectivity index (χ0) is 18.1. The van der Waals surface area contributed by atoms with Gasteiger partial charge in [-0.2, -0.15) is 0 Å². The molecule has 0 spiro atoms. The standard InChI is InChI=1S/C20H33N3O2.HI/c1-5-21-20(23(4)14-18-11-13-24-15-18)22-12-10-17-6-8-19(9-7-17)25-16(2)3;/h6-9,16,18H,5,10-15H2,1-4H3,(H,21,22);1H. The lowest BCUT2D eigenvalue weighted by Gasteiger charge is -2.24. The molecule has 1 aliphatic rings. The maximum Gasteiger partial charge on any atom is 0.193 e. The highest BCUT2D eigenvalue weighted by molar-refractivity contribution is 14.0. The van der Waals surface area contributed by atoms with E-state index in [2.05, 4.69) is 36.3 Å². The fourth-order valence-corrected chi connectivity index (χ4v) is 2.97. The van der Waals surface area contributed by atoms with Gasteiger partial charge in [0.15, 0.2) is 5.96 Å². The molecule has 1 fully saturated rings. The Morgan fingerprint density at radius 3 is 2.65 bits per heavy atom. The highest BCUT2D eigenvalue weighted by Gasteiger charge is 2.18. The average molecular weight is 475 g/mol. The Balaban J connectivity index is 0.00000338. The van der Waals surface area contributed by atoms with Crippen molar-refractivity contribution in [1.82, 2.24) is 10.2 Å². The van der Waals surface area contributed by atoms with Crippen LogP contribution in [0.2, 0.25) is 0 Å². The average Bonchev–Trinajstić information content (AvgIpc) is 3.08. The fraction of sp³-hybridized carbons (Fsp3) is 0.650. The van der Waals surface area contributed by atoms with Gasteiger partial charge in [0.1, 0.15) is 5.75 Å². The summed E-state index contributed by atoms with van der Waals surface area (Å²) in [6.45, 7) is 10.6. The summed E-state index contributed by atoms with van der Waals surface area (Å²) < 4.78 is 11.2. The third kappa shape index (κ3) is 8.12. The largest absolute Gasteiger partial charge is 0.491 e. The monoisotopic (exact) mass is 475 g/mol. The summed E-state index contributed by atoms with van der Waals surface area (Å²) in [5, 5.41) is 3.39. The Hall–Kier alpha value is -1.02. The molecule has 26 heavy (non-hydrogen) atoms. The van der Waals surface area contributed by atoms with Crippen LogP contribution in [-0.4, -0.2) is 56.9 Å². The molecule has 0 amide bonds. The van der Waals surface area contributed by atoms with Crippen molar-refractivity contribution in [3.05, 3.63) is 29.8 Å². The molecule has 1 aromatic carbocycles. The molecule has 1 atom stereocenters. The van der Waals surface area contributed by atoms with Crippen molar-refractivity contribution >= 4 is 29.9 Å². The van der Waals surface area contributed by atoms with Crippen LogP contribution in [0.4, 0.5) is 0 Å². The van der Waals surface area contributed by atoms with E-state index in [1.54, 1.807) is 0 Å². The first-order valence-corrected chi connectivity index (χ1v) is 9.41. The van der Waals surface area contributed by atoms with Gasteiger partial charge in [-0.1, -0.05) is 12.1 Å². The maximum absolute atomic E-state index is 5.68. The van der Waals surface area contributed by atoms with Gasteiger partial charge >= 0.3 is 0 Å². The molecule has 6 heteroatoms. The number of ether oxygens (including phenoxy) is 2. The Labute approximate surface area is 175 Å². The van der Waals surface area contributed by atoms with E-state index in [-0.39, 0.29) is 30.1 Å². The van der Waals surface area contributed by atoms with E-state index >= 15 is 0 Å². The number of rotatable bonds is 8. The molecule has 1 N–H and O–H groups in total. The van der Waals surface area contributed by atoms with E-state index in [9.17, 15) is 0 Å². The van der Waals surface area contributed by atoms with Crippen LogP contribution in [-0.2, 0) is 11.2 Å². The molecule has 1 unspecified atom stereocenters. The molecule has 1 aromatic rings. The smallest absolute Gasteiger partial charge is 0.193 e. The second kappa shape index (κ2) is 12.4. The van der Waals surface area contributed by atoms with Crippen molar-refractivity contribution in [2.24, 2.45) is 10.9 Å². The number of hydrogen-bond donors (Lipinski definition) is 1. The predicted molar refractivity (Wildman–Crippen MR) is 119 cm³/mol. The summed E-state index contributed by atoms with van der Waals surface area (Å²) >= 11 is 0. The normalized spacial score (nSPS) is 17.1. The Kier molecular flexibility index (Phi) is 11.0. The summed E-state index contributed by atoms with van der Waals surface area (Å²) in [6, 6.07) is 8.33. The Bertz CT molecular complexity index is 528. The number of nitrogens with zero attached hydrogens (tertiary/aromatic N) is 2. The van der Waals surface area contributed by atoms with Crippen LogP contribution in [0, 0.1) is 5.92 Å². The van der Waals surface area contributed by atoms with E-state index in [1.807, 2.05) is 26.0 Å². The minimum absolute atomic E-state index is 0. The van der Waals surface area contributed by atoms with Gasteiger partial charge in [-0.05, 0) is 51.3 Å². The van der Waals surface area contributed by atoms with Crippen LogP contribution in [0.1, 0.15) is 32.8 Å². The third-order valence-corrected chi connectivity index (χ3v) is 4.21. The quantitative estimate of drug-likeness (QED) is 0.355. The van der Waals surface area contributed by atoms with Crippen molar-refractivity contribution in [3.8, 4) is 5.75 Å². The highest BCUT2D eigenvalue weighted by Crippen LogP contribution is 2.15. The van der Waals surface area contributed by atoms with Crippen LogP contribution in [0.5, 0.6) is 5.75 Å². The molecule has 148 valence electrons. The molecule has 0 saturated carbocycles. The summed E-state index contributed by atoms with van der Waals surface area (Å²) in [7, 11) is 2.11. The highest BCUT2D eigenvalue weighted by atomic mass is 127. The molecular formula is C20H34IN3O2. The Morgan fingerprint density at radius 2 is 2.08 bits per heavy atom. The van der Waals surface area contributed by atoms with Gasteiger partial charge in [0.2, 0.25) is 0 Å². The van der Waals surface area contributed by atoms with Crippen molar-refractivity contribution in [2.45, 2.75) is 39.7 Å². The van der Waals surface area contributed by atoms with E-state index < -0.39 is 0 Å². The van der Waals surface area contributed by atoms with Gasteiger partial charge in [0.05, 0.1) is 12.7 Å².